The normalized spacial score (nSPS) is 17.6. The Kier molecular flexibility index (Phi) is 13.5. The minimum absolute atomic E-state index is 0.0194. The summed E-state index contributed by atoms with van der Waals surface area (Å²) in [5, 5.41) is 27.2. The number of carbonyl (C=O) groups excluding carboxylic acids is 3. The summed E-state index contributed by atoms with van der Waals surface area (Å²) in [7, 11) is -2.27. The van der Waals surface area contributed by atoms with Crippen LogP contribution in [0.2, 0.25) is 0 Å². The van der Waals surface area contributed by atoms with Crippen LogP contribution in [0.1, 0.15) is 89.4 Å². The maximum Gasteiger partial charge on any atom is 0.349 e. The van der Waals surface area contributed by atoms with Crippen molar-refractivity contribution >= 4 is 90.4 Å². The number of nitrogens with one attached hydrogen (secondary N) is 2. The molecule has 9 rings (SSSR count). The maximum absolute atomic E-state index is 15.5. The summed E-state index contributed by atoms with van der Waals surface area (Å²) < 4.78 is 50.4. The number of carbonyl (C=O) groups is 5. The lowest BCUT2D eigenvalue weighted by Crippen LogP contribution is -2.55. The van der Waals surface area contributed by atoms with Gasteiger partial charge in [-0.3, -0.25) is 14.5 Å². The summed E-state index contributed by atoms with van der Waals surface area (Å²) >= 11 is 0.644. The molecule has 4 aromatic carbocycles. The molecule has 2 aromatic heterocycles. The lowest BCUT2D eigenvalue weighted by atomic mass is 9.85. The number of nitrogens with zero attached hydrogens (tertiary/aromatic N) is 5. The van der Waals surface area contributed by atoms with Crippen molar-refractivity contribution in [1.82, 2.24) is 19.6 Å². The predicted molar refractivity (Wildman–Crippen MR) is 267 cm³/mol. The van der Waals surface area contributed by atoms with Crippen molar-refractivity contribution in [2.24, 2.45) is 0 Å². The zero-order valence-corrected chi connectivity index (χ0v) is 40.8. The maximum atomic E-state index is 15.5. The Balaban J connectivity index is 0.843. The van der Waals surface area contributed by atoms with Gasteiger partial charge in [0.1, 0.15) is 6.29 Å². The fourth-order valence-corrected chi connectivity index (χ4v) is 13.3. The monoisotopic (exact) mass is 1010 g/mol. The zero-order chi connectivity index (χ0) is 50.4. The number of ether oxygens (including phenoxy) is 1. The quantitative estimate of drug-likeness (QED) is 0.0652. The second-order valence-electron chi connectivity index (χ2n) is 18.8. The van der Waals surface area contributed by atoms with Crippen LogP contribution >= 0.6 is 11.3 Å². The van der Waals surface area contributed by atoms with Crippen LogP contribution < -0.4 is 25.2 Å². The number of aldehydes is 1. The third-order valence-electron chi connectivity index (χ3n) is 13.7. The molecule has 20 heteroatoms. The van der Waals surface area contributed by atoms with Gasteiger partial charge >= 0.3 is 11.9 Å². The SMILES string of the molecule is CNC(=O)CCC(C=O)N1C(=O)c2cccc3c(C4CCN(c5ncc6ccc(CS(=O)(=O)N7CCC(Nc8cccc(-c9sc(C(=O)O)c(OCC(=O)O)c9F)c8)CC7(C)C)cc6n5)CC4)ccc1c23. The molecule has 17 nitrogen and oxygen atoms in total. The summed E-state index contributed by atoms with van der Waals surface area (Å²) in [6.07, 6.45) is 5.35. The van der Waals surface area contributed by atoms with E-state index >= 15 is 4.39 Å². The molecule has 0 bridgehead atoms. The number of anilines is 3. The lowest BCUT2D eigenvalue weighted by Gasteiger charge is -2.45. The molecule has 3 aliphatic heterocycles. The number of halogens is 1. The van der Waals surface area contributed by atoms with Crippen LogP contribution in [0.4, 0.5) is 21.7 Å². The van der Waals surface area contributed by atoms with Gasteiger partial charge in [0, 0.05) is 72.9 Å². The van der Waals surface area contributed by atoms with Gasteiger partial charge < -0.3 is 35.3 Å². The number of rotatable bonds is 17. The van der Waals surface area contributed by atoms with Crippen molar-refractivity contribution in [3.05, 3.63) is 106 Å². The van der Waals surface area contributed by atoms with Crippen molar-refractivity contribution in [2.45, 2.75) is 81.7 Å². The fourth-order valence-electron chi connectivity index (χ4n) is 10.3. The van der Waals surface area contributed by atoms with E-state index in [0.29, 0.717) is 76.8 Å². The van der Waals surface area contributed by atoms with E-state index in [0.717, 1.165) is 40.8 Å². The summed E-state index contributed by atoms with van der Waals surface area (Å²) in [5.41, 5.74) is 3.77. The van der Waals surface area contributed by atoms with E-state index in [1.807, 2.05) is 38.1 Å². The molecular formula is C51H52FN7O10S2. The highest BCUT2D eigenvalue weighted by molar-refractivity contribution is 7.88. The Hall–Kier alpha value is -7.03. The topological polar surface area (TPSA) is 229 Å². The first-order valence-electron chi connectivity index (χ1n) is 23.3. The molecule has 2 unspecified atom stereocenters. The lowest BCUT2D eigenvalue weighted by molar-refractivity contribution is -0.139. The van der Waals surface area contributed by atoms with Gasteiger partial charge in [-0.1, -0.05) is 42.5 Å². The minimum atomic E-state index is -3.81. The number of aromatic carboxylic acids is 1. The fraction of sp³-hybridized carbons (Fsp3) is 0.353. The number of carboxylic acids is 2. The molecule has 0 spiro atoms. The summed E-state index contributed by atoms with van der Waals surface area (Å²) in [6, 6.07) is 20.9. The molecular weight excluding hydrogens is 954 g/mol. The van der Waals surface area contributed by atoms with Gasteiger partial charge in [-0.25, -0.2) is 32.4 Å². The van der Waals surface area contributed by atoms with Crippen LogP contribution in [0.25, 0.3) is 32.1 Å². The highest BCUT2D eigenvalue weighted by Gasteiger charge is 2.42. The largest absolute Gasteiger partial charge is 0.479 e. The minimum Gasteiger partial charge on any atom is -0.479 e. The Morgan fingerprint density at radius 3 is 2.51 bits per heavy atom. The van der Waals surface area contributed by atoms with Gasteiger partial charge in [-0.2, -0.15) is 4.31 Å². The first-order valence-corrected chi connectivity index (χ1v) is 25.7. The molecule has 370 valence electrons. The highest BCUT2D eigenvalue weighted by Crippen LogP contribution is 2.45. The number of hydrogen-bond donors (Lipinski definition) is 4. The number of carboxylic acid groups (broad SMARTS) is 2. The molecule has 2 fully saturated rings. The van der Waals surface area contributed by atoms with Gasteiger partial charge in [-0.05, 0) is 104 Å². The number of fused-ring (bicyclic) bond motifs is 1. The first kappa shape index (κ1) is 49.0. The average molecular weight is 1010 g/mol. The molecule has 2 atom stereocenters. The standard InChI is InChI=1S/C51H52FN7O10S2/c1-51(2)24-34(55-33-7-4-6-31(23-33)46-44(52)45(69-27-42(62)63)47(70-46)49(65)66)18-21-58(51)71(67,68)28-29-10-11-32-25-54-50(56-39(32)22-29)57-19-16-30(17-20-57)36-13-14-40-43-37(36)8-5-9-38(43)48(64)59(40)35(26-60)12-15-41(61)53-3/h4-11,13-14,22-23,25-26,30,34-35,55H,12,15-21,24,27-28H2,1-3H3,(H,53,61)(H,62,63)(H,65,66). The Labute approximate surface area is 412 Å². The Morgan fingerprint density at radius 2 is 1.79 bits per heavy atom. The van der Waals surface area contributed by atoms with Gasteiger partial charge in [0.2, 0.25) is 21.9 Å². The molecule has 2 saturated heterocycles. The van der Waals surface area contributed by atoms with E-state index in [1.54, 1.807) is 53.0 Å². The zero-order valence-electron chi connectivity index (χ0n) is 39.2. The Bertz CT molecular complexity index is 3230. The summed E-state index contributed by atoms with van der Waals surface area (Å²) in [4.78, 5) is 73.6. The van der Waals surface area contributed by atoms with E-state index in [1.165, 1.54) is 11.9 Å². The summed E-state index contributed by atoms with van der Waals surface area (Å²) in [6.45, 7) is 4.45. The number of hydrogen-bond acceptors (Lipinski definition) is 13. The predicted octanol–water partition coefficient (Wildman–Crippen LogP) is 7.44. The molecule has 71 heavy (non-hydrogen) atoms. The highest BCUT2D eigenvalue weighted by atomic mass is 32.2. The molecule has 6 aromatic rings. The molecule has 0 saturated carbocycles. The Morgan fingerprint density at radius 1 is 1.01 bits per heavy atom. The van der Waals surface area contributed by atoms with E-state index in [-0.39, 0.29) is 53.8 Å². The number of aromatic nitrogens is 2. The van der Waals surface area contributed by atoms with Crippen molar-refractivity contribution in [1.29, 1.82) is 0 Å². The van der Waals surface area contributed by atoms with Crippen LogP contribution in [0.15, 0.2) is 79.0 Å². The van der Waals surface area contributed by atoms with Crippen LogP contribution in [0.5, 0.6) is 5.75 Å². The number of piperidine rings is 2. The third kappa shape index (κ3) is 9.75. The number of benzene rings is 4. The van der Waals surface area contributed by atoms with Gasteiger partial charge in [0.25, 0.3) is 5.91 Å². The molecule has 4 N–H and O–H groups in total. The summed E-state index contributed by atoms with van der Waals surface area (Å²) in [5.74, 6) is -4.36. The van der Waals surface area contributed by atoms with E-state index < -0.39 is 56.6 Å². The van der Waals surface area contributed by atoms with E-state index in [4.69, 9.17) is 14.8 Å². The molecule has 0 radical (unpaired) electrons. The van der Waals surface area contributed by atoms with Gasteiger partial charge in [-0.15, -0.1) is 11.3 Å². The van der Waals surface area contributed by atoms with Crippen LogP contribution in [0, 0.1) is 5.82 Å². The smallest absolute Gasteiger partial charge is 0.349 e. The number of thiophene rings is 1. The van der Waals surface area contributed by atoms with Crippen LogP contribution in [0.3, 0.4) is 0 Å². The second kappa shape index (κ2) is 19.6. The van der Waals surface area contributed by atoms with Crippen molar-refractivity contribution in [2.75, 3.05) is 48.4 Å². The average Bonchev–Trinajstić information content (AvgIpc) is 3.83. The van der Waals surface area contributed by atoms with Crippen molar-refractivity contribution in [3.63, 3.8) is 0 Å². The second-order valence-corrected chi connectivity index (χ2v) is 21.7. The van der Waals surface area contributed by atoms with Crippen LogP contribution in [-0.4, -0.2) is 114 Å². The number of aliphatic carboxylic acids is 1. The first-order chi connectivity index (χ1) is 34.0. The molecule has 3 aliphatic rings. The van der Waals surface area contributed by atoms with E-state index in [2.05, 4.69) is 26.6 Å². The number of amides is 2. The molecule has 0 aliphatic carbocycles. The van der Waals surface area contributed by atoms with Crippen LogP contribution in [-0.2, 0) is 30.2 Å². The van der Waals surface area contributed by atoms with Crippen molar-refractivity contribution in [3.8, 4) is 16.2 Å². The third-order valence-corrected chi connectivity index (χ3v) is 16.9. The van der Waals surface area contributed by atoms with E-state index in [9.17, 15) is 37.5 Å². The van der Waals surface area contributed by atoms with Gasteiger partial charge in [0.05, 0.1) is 27.9 Å². The van der Waals surface area contributed by atoms with Gasteiger partial charge in [0.15, 0.2) is 23.1 Å². The number of sulfonamides is 1. The molecule has 5 heterocycles. The molecule has 2 amide bonds. The van der Waals surface area contributed by atoms with Crippen molar-refractivity contribution < 1.29 is 51.7 Å².